The van der Waals surface area contributed by atoms with E-state index in [1.54, 1.807) is 0 Å². The number of pyridine rings is 1. The summed E-state index contributed by atoms with van der Waals surface area (Å²) in [5.41, 5.74) is 4.15. The average Bonchev–Trinajstić information content (AvgIpc) is 2.76. The lowest BCUT2D eigenvalue weighted by molar-refractivity contribution is 0.484. The third-order valence-corrected chi connectivity index (χ3v) is 3.68. The van der Waals surface area contributed by atoms with Crippen LogP contribution in [0.1, 0.15) is 18.1 Å². The van der Waals surface area contributed by atoms with Gasteiger partial charge in [0.1, 0.15) is 5.82 Å². The summed E-state index contributed by atoms with van der Waals surface area (Å²) in [6.07, 6.45) is 3.11. The van der Waals surface area contributed by atoms with E-state index in [1.807, 2.05) is 6.20 Å². The second kappa shape index (κ2) is 4.18. The van der Waals surface area contributed by atoms with Crippen LogP contribution < -0.4 is 15.5 Å². The van der Waals surface area contributed by atoms with Gasteiger partial charge in [-0.05, 0) is 25.8 Å². The van der Waals surface area contributed by atoms with Crippen molar-refractivity contribution in [2.45, 2.75) is 26.3 Å². The number of hydrogen-bond donors (Lipinski definition) is 2. The average molecular weight is 232 g/mol. The minimum Gasteiger partial charge on any atom is -0.369 e. The fraction of sp³-hybridized carbons (Fsp3) is 0.615. The Hall–Kier alpha value is -1.29. The van der Waals surface area contributed by atoms with E-state index >= 15 is 0 Å². The third-order valence-electron chi connectivity index (χ3n) is 3.68. The first-order chi connectivity index (χ1) is 8.25. The maximum Gasteiger partial charge on any atom is 0.131 e. The number of anilines is 2. The molecular formula is C13H20N4. The Morgan fingerprint density at radius 1 is 1.41 bits per heavy atom. The lowest BCUT2D eigenvalue weighted by Crippen LogP contribution is -2.49. The molecule has 0 amide bonds. The molecule has 17 heavy (non-hydrogen) atoms. The Kier molecular flexibility index (Phi) is 2.67. The van der Waals surface area contributed by atoms with Gasteiger partial charge in [-0.1, -0.05) is 0 Å². The quantitative estimate of drug-likeness (QED) is 0.762. The van der Waals surface area contributed by atoms with Gasteiger partial charge in [0.25, 0.3) is 0 Å². The Labute approximate surface area is 102 Å². The van der Waals surface area contributed by atoms with Crippen LogP contribution in [0.3, 0.4) is 0 Å². The summed E-state index contributed by atoms with van der Waals surface area (Å²) in [7, 11) is 0. The van der Waals surface area contributed by atoms with Gasteiger partial charge >= 0.3 is 0 Å². The minimum absolute atomic E-state index is 0.571. The standard InChI is InChI=1S/C13H20N4/c1-9-7-16-13-11(3-4-15-13)12(9)17-6-5-14-10(2)8-17/h7,10,14H,3-6,8H2,1-2H3,(H,15,16)/t10-/m0/s1. The van der Waals surface area contributed by atoms with Crippen LogP contribution in [0.25, 0.3) is 0 Å². The van der Waals surface area contributed by atoms with E-state index in [2.05, 4.69) is 34.4 Å². The molecular weight excluding hydrogens is 212 g/mol. The molecule has 0 bridgehead atoms. The van der Waals surface area contributed by atoms with Gasteiger partial charge in [0.15, 0.2) is 0 Å². The summed E-state index contributed by atoms with van der Waals surface area (Å²) < 4.78 is 0. The second-order valence-electron chi connectivity index (χ2n) is 5.09. The van der Waals surface area contributed by atoms with Crippen molar-refractivity contribution in [3.05, 3.63) is 17.3 Å². The van der Waals surface area contributed by atoms with Crippen molar-refractivity contribution < 1.29 is 0 Å². The Bertz CT molecular complexity index is 430. The Balaban J connectivity index is 1.99. The van der Waals surface area contributed by atoms with Crippen LogP contribution in [0.2, 0.25) is 0 Å². The number of aromatic nitrogens is 1. The van der Waals surface area contributed by atoms with Crippen LogP contribution in [0, 0.1) is 6.92 Å². The number of rotatable bonds is 1. The van der Waals surface area contributed by atoms with Crippen molar-refractivity contribution >= 4 is 11.5 Å². The number of nitrogens with zero attached hydrogens (tertiary/aromatic N) is 2. The summed E-state index contributed by atoms with van der Waals surface area (Å²) in [4.78, 5) is 7.00. The zero-order valence-electron chi connectivity index (χ0n) is 10.6. The first-order valence-electron chi connectivity index (χ1n) is 6.46. The molecule has 0 unspecified atom stereocenters. The molecule has 0 aromatic carbocycles. The van der Waals surface area contributed by atoms with E-state index in [4.69, 9.17) is 0 Å². The number of aryl methyl sites for hydroxylation is 1. The fourth-order valence-corrected chi connectivity index (χ4v) is 2.92. The minimum atomic E-state index is 0.571. The zero-order chi connectivity index (χ0) is 11.8. The first-order valence-corrected chi connectivity index (χ1v) is 6.46. The summed E-state index contributed by atoms with van der Waals surface area (Å²) in [5.74, 6) is 1.09. The van der Waals surface area contributed by atoms with Crippen molar-refractivity contribution in [1.29, 1.82) is 0 Å². The monoisotopic (exact) mass is 232 g/mol. The molecule has 0 spiro atoms. The maximum atomic E-state index is 4.48. The maximum absolute atomic E-state index is 4.48. The third kappa shape index (κ3) is 1.86. The lowest BCUT2D eigenvalue weighted by atomic mass is 10.1. The van der Waals surface area contributed by atoms with Gasteiger partial charge in [-0.25, -0.2) is 4.98 Å². The van der Waals surface area contributed by atoms with Gasteiger partial charge in [0.05, 0.1) is 0 Å². The highest BCUT2D eigenvalue weighted by atomic mass is 15.2. The largest absolute Gasteiger partial charge is 0.369 e. The second-order valence-corrected chi connectivity index (χ2v) is 5.09. The highest BCUT2D eigenvalue weighted by molar-refractivity contribution is 5.69. The normalized spacial score (nSPS) is 23.4. The van der Waals surface area contributed by atoms with Gasteiger partial charge in [0.2, 0.25) is 0 Å². The smallest absolute Gasteiger partial charge is 0.131 e. The van der Waals surface area contributed by atoms with E-state index in [9.17, 15) is 0 Å². The molecule has 2 aliphatic rings. The van der Waals surface area contributed by atoms with Crippen LogP contribution in [-0.2, 0) is 6.42 Å². The van der Waals surface area contributed by atoms with Gasteiger partial charge in [-0.3, -0.25) is 0 Å². The molecule has 0 saturated carbocycles. The predicted octanol–water partition coefficient (Wildman–Crippen LogP) is 1.16. The van der Waals surface area contributed by atoms with Crippen molar-refractivity contribution in [3.8, 4) is 0 Å². The number of piperazine rings is 1. The van der Waals surface area contributed by atoms with Gasteiger partial charge in [0, 0.05) is 49.7 Å². The molecule has 0 radical (unpaired) electrons. The molecule has 0 aliphatic carbocycles. The van der Waals surface area contributed by atoms with Gasteiger partial charge in [-0.2, -0.15) is 0 Å². The van der Waals surface area contributed by atoms with Crippen LogP contribution in [0.4, 0.5) is 11.5 Å². The number of nitrogens with one attached hydrogen (secondary N) is 2. The summed E-state index contributed by atoms with van der Waals surface area (Å²) in [6.45, 7) is 8.72. The lowest BCUT2D eigenvalue weighted by Gasteiger charge is -2.35. The molecule has 1 saturated heterocycles. The number of fused-ring (bicyclic) bond motifs is 1. The number of hydrogen-bond acceptors (Lipinski definition) is 4. The van der Waals surface area contributed by atoms with Crippen molar-refractivity contribution in [2.75, 3.05) is 36.4 Å². The molecule has 3 heterocycles. The fourth-order valence-electron chi connectivity index (χ4n) is 2.92. The summed E-state index contributed by atoms with van der Waals surface area (Å²) >= 11 is 0. The van der Waals surface area contributed by atoms with Gasteiger partial charge in [-0.15, -0.1) is 0 Å². The summed E-state index contributed by atoms with van der Waals surface area (Å²) in [6, 6.07) is 0.571. The molecule has 1 aromatic rings. The van der Waals surface area contributed by atoms with Crippen LogP contribution in [-0.4, -0.2) is 37.2 Å². The topological polar surface area (TPSA) is 40.2 Å². The molecule has 92 valence electrons. The first kappa shape index (κ1) is 10.8. The molecule has 1 aromatic heterocycles. The SMILES string of the molecule is Cc1cnc2c(c1N1CCN[C@@H](C)C1)CCN2. The van der Waals surface area contributed by atoms with E-state index in [-0.39, 0.29) is 0 Å². The molecule has 1 fully saturated rings. The van der Waals surface area contributed by atoms with E-state index < -0.39 is 0 Å². The van der Waals surface area contributed by atoms with E-state index in [1.165, 1.54) is 16.8 Å². The van der Waals surface area contributed by atoms with Gasteiger partial charge < -0.3 is 15.5 Å². The van der Waals surface area contributed by atoms with Crippen LogP contribution in [0.5, 0.6) is 0 Å². The highest BCUT2D eigenvalue weighted by Gasteiger charge is 2.24. The van der Waals surface area contributed by atoms with E-state index in [0.717, 1.165) is 38.4 Å². The van der Waals surface area contributed by atoms with Crippen LogP contribution >= 0.6 is 0 Å². The van der Waals surface area contributed by atoms with Crippen LogP contribution in [0.15, 0.2) is 6.20 Å². The van der Waals surface area contributed by atoms with Crippen molar-refractivity contribution in [1.82, 2.24) is 10.3 Å². The van der Waals surface area contributed by atoms with Crippen molar-refractivity contribution in [2.24, 2.45) is 0 Å². The molecule has 4 heteroatoms. The molecule has 2 N–H and O–H groups in total. The zero-order valence-corrected chi connectivity index (χ0v) is 10.6. The molecule has 2 aliphatic heterocycles. The highest BCUT2D eigenvalue weighted by Crippen LogP contribution is 2.33. The Morgan fingerprint density at radius 3 is 3.12 bits per heavy atom. The molecule has 4 nitrogen and oxygen atoms in total. The summed E-state index contributed by atoms with van der Waals surface area (Å²) in [5, 5.41) is 6.86. The predicted molar refractivity (Wildman–Crippen MR) is 70.8 cm³/mol. The van der Waals surface area contributed by atoms with Crippen molar-refractivity contribution in [3.63, 3.8) is 0 Å². The van der Waals surface area contributed by atoms with E-state index in [0.29, 0.717) is 6.04 Å². The molecule has 1 atom stereocenters. The molecule has 3 rings (SSSR count). The Morgan fingerprint density at radius 2 is 2.29 bits per heavy atom.